The highest BCUT2D eigenvalue weighted by atomic mass is 35.5. The molecule has 0 spiro atoms. The van der Waals surface area contributed by atoms with Gasteiger partial charge in [-0.05, 0) is 84.6 Å². The topological polar surface area (TPSA) is 113 Å². The number of ether oxygens (including phenoxy) is 1. The lowest BCUT2D eigenvalue weighted by Crippen LogP contribution is -2.48. The predicted molar refractivity (Wildman–Crippen MR) is 162 cm³/mol. The van der Waals surface area contributed by atoms with Crippen LogP contribution in [0.1, 0.15) is 27.0 Å². The molecule has 11 heteroatoms. The number of carbonyl (C=O) groups excluding carboxylic acids is 1. The van der Waals surface area contributed by atoms with Gasteiger partial charge in [0, 0.05) is 12.0 Å². The molecule has 1 aliphatic rings. The fourth-order valence-electron chi connectivity index (χ4n) is 5.24. The lowest BCUT2D eigenvalue weighted by Gasteiger charge is -2.26. The molecule has 0 saturated heterocycles. The minimum atomic E-state index is -4.16. The number of anilines is 1. The second-order valence-corrected chi connectivity index (χ2v) is 12.4. The number of carboxylic acid groups (broad SMARTS) is 1. The Morgan fingerprint density at radius 2 is 1.70 bits per heavy atom. The van der Waals surface area contributed by atoms with Gasteiger partial charge in [0.15, 0.2) is 0 Å². The van der Waals surface area contributed by atoms with Gasteiger partial charge in [-0.3, -0.25) is 9.10 Å². The van der Waals surface area contributed by atoms with Crippen LogP contribution < -0.4 is 14.4 Å². The number of carbonyl (C=O) groups is 2. The van der Waals surface area contributed by atoms with Crippen LogP contribution in [-0.2, 0) is 21.2 Å². The van der Waals surface area contributed by atoms with Crippen molar-refractivity contribution >= 4 is 39.2 Å². The average Bonchev–Trinajstić information content (AvgIpc) is 3.37. The molecule has 4 aromatic rings. The number of hydrogen-bond acceptors (Lipinski definition) is 5. The molecule has 0 unspecified atom stereocenters. The van der Waals surface area contributed by atoms with Crippen LogP contribution in [0.15, 0.2) is 83.8 Å². The molecule has 222 valence electrons. The zero-order chi connectivity index (χ0) is 30.9. The van der Waals surface area contributed by atoms with Gasteiger partial charge in [0.05, 0.1) is 27.7 Å². The number of hydrogen-bond donors (Lipinski definition) is 2. The zero-order valence-corrected chi connectivity index (χ0v) is 24.9. The number of aryl methyl sites for hydroxylation is 2. The van der Waals surface area contributed by atoms with Crippen LogP contribution in [0.5, 0.6) is 5.75 Å². The van der Waals surface area contributed by atoms with Crippen LogP contribution in [0.25, 0.3) is 11.1 Å². The summed E-state index contributed by atoms with van der Waals surface area (Å²) < 4.78 is 48.4. The standard InChI is InChI=1S/C32H28ClFN2O6S/c1-19-15-23(32(38)39)16-20(2)30(19)42-14-13-35-31(37)29-17-22-5-3-4-6-28(22)36(29)43(40,41)25-10-7-21(8-11-25)26-12-9-24(34)18-27(26)33/h3-12,15-16,18,29H,13-14,17H2,1-2H3,(H,35,37)(H,38,39)/t29-/m0/s1. The Balaban J connectivity index is 1.33. The third-order valence-corrected chi connectivity index (χ3v) is 9.39. The van der Waals surface area contributed by atoms with Gasteiger partial charge in [-0.1, -0.05) is 41.9 Å². The van der Waals surface area contributed by atoms with Crippen molar-refractivity contribution in [1.82, 2.24) is 5.32 Å². The molecule has 2 N–H and O–H groups in total. The molecular weight excluding hydrogens is 595 g/mol. The maximum absolute atomic E-state index is 13.9. The number of halogens is 2. The number of nitrogens with one attached hydrogen (secondary N) is 1. The van der Waals surface area contributed by atoms with Gasteiger partial charge in [-0.25, -0.2) is 17.6 Å². The van der Waals surface area contributed by atoms with Crippen molar-refractivity contribution < 1.29 is 32.2 Å². The van der Waals surface area contributed by atoms with Gasteiger partial charge in [-0.15, -0.1) is 0 Å². The first-order valence-corrected chi connectivity index (χ1v) is 15.2. The maximum Gasteiger partial charge on any atom is 0.335 e. The van der Waals surface area contributed by atoms with Crippen molar-refractivity contribution in [1.29, 1.82) is 0 Å². The van der Waals surface area contributed by atoms with E-state index in [1.54, 1.807) is 50.2 Å². The van der Waals surface area contributed by atoms with Crippen molar-refractivity contribution in [2.75, 3.05) is 17.5 Å². The van der Waals surface area contributed by atoms with Gasteiger partial charge in [0.25, 0.3) is 10.0 Å². The second-order valence-electron chi connectivity index (χ2n) is 10.2. The molecule has 0 bridgehead atoms. The van der Waals surface area contributed by atoms with E-state index in [4.69, 9.17) is 16.3 Å². The number of benzene rings is 4. The Morgan fingerprint density at radius 3 is 2.35 bits per heavy atom. The third-order valence-electron chi connectivity index (χ3n) is 7.24. The summed E-state index contributed by atoms with van der Waals surface area (Å²) in [6.07, 6.45) is 0.195. The quantitative estimate of drug-likeness (QED) is 0.229. The molecule has 0 radical (unpaired) electrons. The predicted octanol–water partition coefficient (Wildman–Crippen LogP) is 5.78. The van der Waals surface area contributed by atoms with E-state index in [9.17, 15) is 27.5 Å². The maximum atomic E-state index is 13.9. The molecule has 0 aromatic heterocycles. The van der Waals surface area contributed by atoms with E-state index < -0.39 is 33.8 Å². The fraction of sp³-hybridized carbons (Fsp3) is 0.188. The first-order chi connectivity index (χ1) is 20.5. The number of nitrogens with zero attached hydrogens (tertiary/aromatic N) is 1. The molecule has 1 atom stereocenters. The van der Waals surface area contributed by atoms with Crippen molar-refractivity contribution in [3.63, 3.8) is 0 Å². The molecule has 1 amide bonds. The molecule has 4 aromatic carbocycles. The molecule has 5 rings (SSSR count). The number of aromatic carboxylic acids is 1. The largest absolute Gasteiger partial charge is 0.491 e. The van der Waals surface area contributed by atoms with Crippen molar-refractivity contribution in [3.05, 3.63) is 112 Å². The Labute approximate surface area is 253 Å². The highest BCUT2D eigenvalue weighted by Crippen LogP contribution is 2.38. The number of carboxylic acids is 1. The molecule has 1 aliphatic heterocycles. The SMILES string of the molecule is Cc1cc(C(=O)O)cc(C)c1OCCNC(=O)[C@@H]1Cc2ccccc2N1S(=O)(=O)c1ccc(-c2ccc(F)cc2Cl)cc1. The number of amides is 1. The number of rotatable bonds is 9. The zero-order valence-electron chi connectivity index (χ0n) is 23.3. The van der Waals surface area contributed by atoms with Crippen molar-refractivity contribution in [2.24, 2.45) is 0 Å². The third kappa shape index (κ3) is 6.07. The van der Waals surface area contributed by atoms with Crippen LogP contribution in [0, 0.1) is 19.7 Å². The van der Waals surface area contributed by atoms with E-state index in [-0.39, 0.29) is 35.1 Å². The van der Waals surface area contributed by atoms with Gasteiger partial charge in [0.2, 0.25) is 5.91 Å². The summed E-state index contributed by atoms with van der Waals surface area (Å²) in [5.74, 6) is -1.46. The van der Waals surface area contributed by atoms with Gasteiger partial charge >= 0.3 is 5.97 Å². The average molecular weight is 623 g/mol. The monoisotopic (exact) mass is 622 g/mol. The van der Waals surface area contributed by atoms with Crippen molar-refractivity contribution in [3.8, 4) is 16.9 Å². The molecule has 43 heavy (non-hydrogen) atoms. The Bertz CT molecular complexity index is 1810. The van der Waals surface area contributed by atoms with E-state index in [1.807, 2.05) is 0 Å². The Hall–Kier alpha value is -4.41. The van der Waals surface area contributed by atoms with Crippen LogP contribution in [-0.4, -0.2) is 44.6 Å². The lowest BCUT2D eigenvalue weighted by molar-refractivity contribution is -0.122. The van der Waals surface area contributed by atoms with E-state index in [0.717, 1.165) is 9.87 Å². The summed E-state index contributed by atoms with van der Waals surface area (Å²) in [6.45, 7) is 3.69. The van der Waals surface area contributed by atoms with E-state index in [0.29, 0.717) is 33.7 Å². The molecule has 1 heterocycles. The highest BCUT2D eigenvalue weighted by molar-refractivity contribution is 7.93. The van der Waals surface area contributed by atoms with Crippen LogP contribution in [0.3, 0.4) is 0 Å². The van der Waals surface area contributed by atoms with Crippen molar-refractivity contribution in [2.45, 2.75) is 31.2 Å². The summed E-state index contributed by atoms with van der Waals surface area (Å²) in [5, 5.41) is 12.2. The summed E-state index contributed by atoms with van der Waals surface area (Å²) >= 11 is 6.19. The summed E-state index contributed by atoms with van der Waals surface area (Å²) in [6, 6.07) is 19.0. The summed E-state index contributed by atoms with van der Waals surface area (Å²) in [7, 11) is -4.16. The fourth-order valence-corrected chi connectivity index (χ4v) is 7.17. The second kappa shape index (κ2) is 12.1. The minimum absolute atomic E-state index is 0.0110. The first kappa shape index (κ1) is 30.1. The lowest BCUT2D eigenvalue weighted by atomic mass is 10.1. The Kier molecular flexibility index (Phi) is 8.43. The normalized spacial score (nSPS) is 14.3. The molecule has 0 saturated carbocycles. The molecule has 0 fully saturated rings. The molecule has 0 aliphatic carbocycles. The number of fused-ring (bicyclic) bond motifs is 1. The summed E-state index contributed by atoms with van der Waals surface area (Å²) in [5.41, 5.74) is 3.78. The number of sulfonamides is 1. The minimum Gasteiger partial charge on any atom is -0.491 e. The molecule has 8 nitrogen and oxygen atoms in total. The smallest absolute Gasteiger partial charge is 0.335 e. The van der Waals surface area contributed by atoms with E-state index >= 15 is 0 Å². The van der Waals surface area contributed by atoms with Crippen LogP contribution in [0.2, 0.25) is 5.02 Å². The Morgan fingerprint density at radius 1 is 1.02 bits per heavy atom. The van der Waals surface area contributed by atoms with Gasteiger partial charge < -0.3 is 15.2 Å². The van der Waals surface area contributed by atoms with E-state index in [2.05, 4.69) is 5.32 Å². The first-order valence-electron chi connectivity index (χ1n) is 13.4. The van der Waals surface area contributed by atoms with Crippen LogP contribution in [0.4, 0.5) is 10.1 Å². The van der Waals surface area contributed by atoms with Crippen LogP contribution >= 0.6 is 11.6 Å². The molecular formula is C32H28ClFN2O6S. The highest BCUT2D eigenvalue weighted by Gasteiger charge is 2.42. The van der Waals surface area contributed by atoms with E-state index in [1.165, 1.54) is 42.5 Å². The summed E-state index contributed by atoms with van der Waals surface area (Å²) in [4.78, 5) is 24.7. The number of para-hydroxylation sites is 1. The van der Waals surface area contributed by atoms with Gasteiger partial charge in [0.1, 0.15) is 24.2 Å². The van der Waals surface area contributed by atoms with Gasteiger partial charge in [-0.2, -0.15) is 0 Å².